The van der Waals surface area contributed by atoms with Gasteiger partial charge in [0.2, 0.25) is 5.76 Å². The fraction of sp³-hybridized carbons (Fsp3) is 0.688. The molecule has 0 unspecified atom stereocenters. The van der Waals surface area contributed by atoms with Gasteiger partial charge in [-0.1, -0.05) is 25.7 Å². The Balaban J connectivity index is 1.87. The molecule has 1 aliphatic carbocycles. The lowest BCUT2D eigenvalue weighted by Gasteiger charge is -2.23. The van der Waals surface area contributed by atoms with Crippen molar-refractivity contribution >= 4 is 5.97 Å². The molecule has 1 saturated carbocycles. The van der Waals surface area contributed by atoms with Gasteiger partial charge >= 0.3 is 5.97 Å². The molecule has 1 aromatic heterocycles. The first-order valence-electron chi connectivity index (χ1n) is 7.64. The molecule has 0 saturated heterocycles. The largest absolute Gasteiger partial charge is 0.475 e. The summed E-state index contributed by atoms with van der Waals surface area (Å²) in [5, 5.41) is 12.5. The zero-order valence-electron chi connectivity index (χ0n) is 12.4. The molecule has 1 aliphatic rings. The van der Waals surface area contributed by atoms with E-state index in [-0.39, 0.29) is 5.76 Å². The van der Waals surface area contributed by atoms with Crippen LogP contribution in [0.3, 0.4) is 0 Å². The summed E-state index contributed by atoms with van der Waals surface area (Å²) in [5.41, 5.74) is 0.691. The van der Waals surface area contributed by atoms with Crippen molar-refractivity contribution in [3.05, 3.63) is 23.2 Å². The summed E-state index contributed by atoms with van der Waals surface area (Å²) in [6, 6.07) is 2.27. The van der Waals surface area contributed by atoms with E-state index in [1.54, 1.807) is 6.92 Å². The number of aromatic carboxylic acids is 1. The van der Waals surface area contributed by atoms with Crippen LogP contribution in [-0.4, -0.2) is 17.1 Å². The molecule has 0 radical (unpaired) electrons. The van der Waals surface area contributed by atoms with E-state index in [0.29, 0.717) is 23.9 Å². The van der Waals surface area contributed by atoms with Crippen molar-refractivity contribution in [3.8, 4) is 0 Å². The van der Waals surface area contributed by atoms with Crippen LogP contribution in [0.1, 0.15) is 67.3 Å². The third-order valence-corrected chi connectivity index (χ3v) is 4.37. The van der Waals surface area contributed by atoms with E-state index in [1.807, 2.05) is 6.07 Å². The molecule has 112 valence electrons. The van der Waals surface area contributed by atoms with Gasteiger partial charge in [-0.25, -0.2) is 4.79 Å². The normalized spacial score (nSPS) is 18.7. The first kappa shape index (κ1) is 15.1. The van der Waals surface area contributed by atoms with Crippen LogP contribution >= 0.6 is 0 Å². The highest BCUT2D eigenvalue weighted by Gasteiger charge is 2.20. The molecular weight excluding hydrogens is 254 g/mol. The van der Waals surface area contributed by atoms with Crippen molar-refractivity contribution < 1.29 is 14.3 Å². The van der Waals surface area contributed by atoms with E-state index in [9.17, 15) is 4.79 Å². The zero-order chi connectivity index (χ0) is 14.5. The molecule has 4 nitrogen and oxygen atoms in total. The highest BCUT2D eigenvalue weighted by atomic mass is 16.4. The Kier molecular flexibility index (Phi) is 5.24. The molecule has 1 fully saturated rings. The number of rotatable bonds is 5. The van der Waals surface area contributed by atoms with Gasteiger partial charge in [-0.3, -0.25) is 0 Å². The van der Waals surface area contributed by atoms with Gasteiger partial charge < -0.3 is 14.8 Å². The Hall–Kier alpha value is -1.29. The molecule has 4 heteroatoms. The summed E-state index contributed by atoms with van der Waals surface area (Å²) in [6.45, 7) is 4.60. The van der Waals surface area contributed by atoms with E-state index >= 15 is 0 Å². The van der Waals surface area contributed by atoms with Gasteiger partial charge in [0.15, 0.2) is 0 Å². The van der Waals surface area contributed by atoms with E-state index in [0.717, 1.165) is 5.92 Å². The van der Waals surface area contributed by atoms with Gasteiger partial charge in [0.05, 0.1) is 6.54 Å². The maximum absolute atomic E-state index is 10.9. The standard InChI is InChI=1S/C16H25NO3/c1-11-9-14(20-15(11)16(18)19)10-17-12(2)13-7-5-3-4-6-8-13/h9,12-13,17H,3-8,10H2,1-2H3,(H,18,19)/t12-/m0/s1. The van der Waals surface area contributed by atoms with E-state index in [1.165, 1.54) is 38.5 Å². The SMILES string of the molecule is Cc1cc(CN[C@@H](C)C2CCCCCC2)oc1C(=O)O. The summed E-state index contributed by atoms with van der Waals surface area (Å²) in [5.74, 6) is 0.502. The highest BCUT2D eigenvalue weighted by Crippen LogP contribution is 2.25. The Morgan fingerprint density at radius 2 is 2.05 bits per heavy atom. The van der Waals surface area contributed by atoms with Crippen molar-refractivity contribution in [3.63, 3.8) is 0 Å². The van der Waals surface area contributed by atoms with Crippen molar-refractivity contribution in [2.45, 2.75) is 65.0 Å². The molecule has 0 spiro atoms. The highest BCUT2D eigenvalue weighted by molar-refractivity contribution is 5.86. The second-order valence-electron chi connectivity index (χ2n) is 5.95. The monoisotopic (exact) mass is 279 g/mol. The first-order valence-corrected chi connectivity index (χ1v) is 7.64. The molecule has 1 heterocycles. The van der Waals surface area contributed by atoms with E-state index in [2.05, 4.69) is 12.2 Å². The van der Waals surface area contributed by atoms with Gasteiger partial charge in [0.1, 0.15) is 5.76 Å². The molecule has 2 N–H and O–H groups in total. The molecule has 1 aromatic rings. The number of aryl methyl sites for hydroxylation is 1. The second kappa shape index (κ2) is 6.93. The fourth-order valence-electron chi connectivity index (χ4n) is 3.09. The van der Waals surface area contributed by atoms with Gasteiger partial charge in [-0.05, 0) is 38.7 Å². The van der Waals surface area contributed by atoms with Crippen molar-refractivity contribution in [1.82, 2.24) is 5.32 Å². The molecule has 0 amide bonds. The minimum absolute atomic E-state index is 0.0592. The van der Waals surface area contributed by atoms with Crippen LogP contribution in [0.15, 0.2) is 10.5 Å². The van der Waals surface area contributed by atoms with Gasteiger partial charge in [0, 0.05) is 11.6 Å². The molecule has 2 rings (SSSR count). The predicted molar refractivity (Wildman–Crippen MR) is 77.9 cm³/mol. The van der Waals surface area contributed by atoms with Crippen LogP contribution in [0.4, 0.5) is 0 Å². The number of carboxylic acid groups (broad SMARTS) is 1. The third kappa shape index (κ3) is 3.85. The number of carbonyl (C=O) groups is 1. The van der Waals surface area contributed by atoms with Crippen molar-refractivity contribution in [2.75, 3.05) is 0 Å². The lowest BCUT2D eigenvalue weighted by molar-refractivity contribution is 0.0659. The van der Waals surface area contributed by atoms with Crippen LogP contribution in [0.2, 0.25) is 0 Å². The minimum atomic E-state index is -0.995. The molecule has 0 bridgehead atoms. The smallest absolute Gasteiger partial charge is 0.372 e. The average molecular weight is 279 g/mol. The lowest BCUT2D eigenvalue weighted by atomic mass is 9.93. The van der Waals surface area contributed by atoms with Crippen molar-refractivity contribution in [2.24, 2.45) is 5.92 Å². The lowest BCUT2D eigenvalue weighted by Crippen LogP contribution is -2.32. The van der Waals surface area contributed by atoms with E-state index in [4.69, 9.17) is 9.52 Å². The number of furan rings is 1. The van der Waals surface area contributed by atoms with Gasteiger partial charge in [-0.2, -0.15) is 0 Å². The third-order valence-electron chi connectivity index (χ3n) is 4.37. The summed E-state index contributed by atoms with van der Waals surface area (Å²) >= 11 is 0. The van der Waals surface area contributed by atoms with Crippen LogP contribution < -0.4 is 5.32 Å². The summed E-state index contributed by atoms with van der Waals surface area (Å²) in [4.78, 5) is 10.9. The molecule has 20 heavy (non-hydrogen) atoms. The Bertz CT molecular complexity index is 445. The van der Waals surface area contributed by atoms with Crippen LogP contribution in [0.5, 0.6) is 0 Å². The number of carboxylic acids is 1. The van der Waals surface area contributed by atoms with Gasteiger partial charge in [-0.15, -0.1) is 0 Å². The number of hydrogen-bond acceptors (Lipinski definition) is 3. The van der Waals surface area contributed by atoms with E-state index < -0.39 is 5.97 Å². The predicted octanol–water partition coefficient (Wildman–Crippen LogP) is 3.73. The van der Waals surface area contributed by atoms with Gasteiger partial charge in [0.25, 0.3) is 0 Å². The van der Waals surface area contributed by atoms with Crippen molar-refractivity contribution in [1.29, 1.82) is 0 Å². The van der Waals surface area contributed by atoms with Crippen LogP contribution in [-0.2, 0) is 6.54 Å². The quantitative estimate of drug-likeness (QED) is 0.806. The average Bonchev–Trinajstić information content (AvgIpc) is 2.64. The molecule has 0 aromatic carbocycles. The summed E-state index contributed by atoms with van der Waals surface area (Å²) in [6.07, 6.45) is 7.99. The maximum atomic E-state index is 10.9. The number of hydrogen-bond donors (Lipinski definition) is 2. The zero-order valence-corrected chi connectivity index (χ0v) is 12.4. The molecular formula is C16H25NO3. The fourth-order valence-corrected chi connectivity index (χ4v) is 3.09. The second-order valence-corrected chi connectivity index (χ2v) is 5.95. The van der Waals surface area contributed by atoms with Crippen LogP contribution in [0, 0.1) is 12.8 Å². The summed E-state index contributed by atoms with van der Waals surface area (Å²) in [7, 11) is 0. The van der Waals surface area contributed by atoms with Crippen LogP contribution in [0.25, 0.3) is 0 Å². The Morgan fingerprint density at radius 3 is 2.60 bits per heavy atom. The number of nitrogens with one attached hydrogen (secondary N) is 1. The Labute approximate surface area is 120 Å². The Morgan fingerprint density at radius 1 is 1.40 bits per heavy atom. The molecule has 1 atom stereocenters. The summed E-state index contributed by atoms with van der Waals surface area (Å²) < 4.78 is 5.38. The first-order chi connectivity index (χ1) is 9.58. The maximum Gasteiger partial charge on any atom is 0.372 e. The molecule has 0 aliphatic heterocycles. The minimum Gasteiger partial charge on any atom is -0.475 e. The topological polar surface area (TPSA) is 62.5 Å².